The number of benzene rings is 1. The number of hydrogen-bond donors (Lipinski definition) is 2. The summed E-state index contributed by atoms with van der Waals surface area (Å²) in [5.74, 6) is 0. The molecule has 0 saturated carbocycles. The summed E-state index contributed by atoms with van der Waals surface area (Å²) in [6.45, 7) is 2.02. The second-order valence-corrected chi connectivity index (χ2v) is 6.49. The molecule has 1 atom stereocenters. The van der Waals surface area contributed by atoms with Crippen LogP contribution in [-0.2, 0) is 21.1 Å². The van der Waals surface area contributed by atoms with Crippen molar-refractivity contribution in [3.63, 3.8) is 0 Å². The van der Waals surface area contributed by atoms with Gasteiger partial charge in [-0.3, -0.25) is 0 Å². The summed E-state index contributed by atoms with van der Waals surface area (Å²) in [6.07, 6.45) is 2.15. The van der Waals surface area contributed by atoms with Gasteiger partial charge >= 0.3 is 0 Å². The molecule has 0 spiro atoms. The molecule has 0 aliphatic rings. The van der Waals surface area contributed by atoms with Gasteiger partial charge in [-0.1, -0.05) is 12.1 Å². The van der Waals surface area contributed by atoms with E-state index in [4.69, 9.17) is 10.5 Å². The fraction of sp³-hybridized carbons (Fsp3) is 0.538. The zero-order valence-corrected chi connectivity index (χ0v) is 12.2. The van der Waals surface area contributed by atoms with Gasteiger partial charge in [0.05, 0.1) is 11.0 Å². The van der Waals surface area contributed by atoms with Crippen molar-refractivity contribution in [2.75, 3.05) is 26.5 Å². The fourth-order valence-corrected chi connectivity index (χ4v) is 2.31. The maximum atomic E-state index is 11.3. The molecule has 5 nitrogen and oxygen atoms in total. The van der Waals surface area contributed by atoms with Crippen LogP contribution in [0.1, 0.15) is 12.0 Å². The Kier molecular flexibility index (Phi) is 6.44. The SMILES string of the molecule is COC(CN)CCNCc1ccc(S(C)(=O)=O)cc1. The van der Waals surface area contributed by atoms with Crippen molar-refractivity contribution in [2.45, 2.75) is 24.0 Å². The number of hydrogen-bond acceptors (Lipinski definition) is 5. The van der Waals surface area contributed by atoms with Gasteiger partial charge in [-0.05, 0) is 30.7 Å². The van der Waals surface area contributed by atoms with Crippen molar-refractivity contribution in [3.8, 4) is 0 Å². The molecule has 1 aromatic carbocycles. The average molecular weight is 286 g/mol. The van der Waals surface area contributed by atoms with E-state index in [0.717, 1.165) is 18.5 Å². The summed E-state index contributed by atoms with van der Waals surface area (Å²) in [6, 6.07) is 6.90. The zero-order chi connectivity index (χ0) is 14.3. The first-order valence-corrected chi connectivity index (χ1v) is 8.09. The maximum absolute atomic E-state index is 11.3. The minimum atomic E-state index is -3.11. The Morgan fingerprint density at radius 3 is 2.42 bits per heavy atom. The minimum Gasteiger partial charge on any atom is -0.380 e. The Morgan fingerprint density at radius 2 is 1.95 bits per heavy atom. The number of rotatable bonds is 8. The number of nitrogens with two attached hydrogens (primary N) is 1. The second kappa shape index (κ2) is 7.59. The van der Waals surface area contributed by atoms with Gasteiger partial charge in [-0.2, -0.15) is 0 Å². The Morgan fingerprint density at radius 1 is 1.32 bits per heavy atom. The van der Waals surface area contributed by atoms with Crippen molar-refractivity contribution >= 4 is 9.84 Å². The predicted octanol–water partition coefficient (Wildman–Crippen LogP) is 0.544. The van der Waals surface area contributed by atoms with E-state index < -0.39 is 9.84 Å². The lowest BCUT2D eigenvalue weighted by Gasteiger charge is -2.13. The van der Waals surface area contributed by atoms with Gasteiger partial charge in [0.25, 0.3) is 0 Å². The van der Waals surface area contributed by atoms with Crippen LogP contribution in [-0.4, -0.2) is 41.0 Å². The molecule has 1 aromatic rings. The van der Waals surface area contributed by atoms with E-state index in [-0.39, 0.29) is 6.10 Å². The highest BCUT2D eigenvalue weighted by Gasteiger charge is 2.06. The first-order chi connectivity index (χ1) is 8.97. The molecule has 3 N–H and O–H groups in total. The minimum absolute atomic E-state index is 0.0834. The molecule has 0 aromatic heterocycles. The Bertz CT molecular complexity index is 467. The lowest BCUT2D eigenvalue weighted by Crippen LogP contribution is -2.27. The van der Waals surface area contributed by atoms with E-state index in [9.17, 15) is 8.42 Å². The molecular formula is C13H22N2O3S. The topological polar surface area (TPSA) is 81.4 Å². The smallest absolute Gasteiger partial charge is 0.175 e. The number of methoxy groups -OCH3 is 1. The second-order valence-electron chi connectivity index (χ2n) is 4.47. The predicted molar refractivity (Wildman–Crippen MR) is 75.7 cm³/mol. The quantitative estimate of drug-likeness (QED) is 0.682. The van der Waals surface area contributed by atoms with Crippen LogP contribution in [0.2, 0.25) is 0 Å². The third-order valence-electron chi connectivity index (χ3n) is 2.92. The summed E-state index contributed by atoms with van der Waals surface area (Å²) in [4.78, 5) is 0.346. The molecule has 6 heteroatoms. The van der Waals surface area contributed by atoms with Gasteiger partial charge in [0.15, 0.2) is 9.84 Å². The van der Waals surface area contributed by atoms with Crippen molar-refractivity contribution in [2.24, 2.45) is 5.73 Å². The van der Waals surface area contributed by atoms with Crippen LogP contribution in [0.4, 0.5) is 0 Å². The molecule has 0 saturated heterocycles. The Hall–Kier alpha value is -0.950. The van der Waals surface area contributed by atoms with E-state index in [1.54, 1.807) is 19.2 Å². The van der Waals surface area contributed by atoms with Gasteiger partial charge in [0.2, 0.25) is 0 Å². The molecule has 0 aliphatic carbocycles. The first kappa shape index (κ1) is 16.1. The Labute approximate surface area is 115 Å². The van der Waals surface area contributed by atoms with E-state index in [0.29, 0.717) is 18.0 Å². The van der Waals surface area contributed by atoms with Crippen LogP contribution in [0.3, 0.4) is 0 Å². The molecule has 0 aliphatic heterocycles. The molecule has 19 heavy (non-hydrogen) atoms. The molecule has 108 valence electrons. The molecule has 1 rings (SSSR count). The highest BCUT2D eigenvalue weighted by Crippen LogP contribution is 2.10. The van der Waals surface area contributed by atoms with Gasteiger partial charge in [0, 0.05) is 26.5 Å². The highest BCUT2D eigenvalue weighted by atomic mass is 32.2. The first-order valence-electron chi connectivity index (χ1n) is 6.20. The third-order valence-corrected chi connectivity index (χ3v) is 4.05. The van der Waals surface area contributed by atoms with Gasteiger partial charge in [-0.15, -0.1) is 0 Å². The lowest BCUT2D eigenvalue weighted by atomic mass is 10.2. The number of nitrogens with one attached hydrogen (secondary N) is 1. The van der Waals surface area contributed by atoms with E-state index in [1.807, 2.05) is 12.1 Å². The van der Waals surface area contributed by atoms with Crippen molar-refractivity contribution in [3.05, 3.63) is 29.8 Å². The summed E-state index contributed by atoms with van der Waals surface area (Å²) in [5, 5.41) is 3.27. The standard InChI is InChI=1S/C13H22N2O3S/c1-18-12(9-14)7-8-15-10-11-3-5-13(6-4-11)19(2,16)17/h3-6,12,15H,7-10,14H2,1-2H3. The maximum Gasteiger partial charge on any atom is 0.175 e. The number of ether oxygens (including phenoxy) is 1. The van der Waals surface area contributed by atoms with Gasteiger partial charge in [0.1, 0.15) is 0 Å². The molecular weight excluding hydrogens is 264 g/mol. The van der Waals surface area contributed by atoms with Crippen LogP contribution < -0.4 is 11.1 Å². The third kappa shape index (κ3) is 5.69. The molecule has 0 amide bonds. The molecule has 0 fully saturated rings. The van der Waals surface area contributed by atoms with Crippen LogP contribution in [0.15, 0.2) is 29.2 Å². The van der Waals surface area contributed by atoms with Crippen molar-refractivity contribution in [1.29, 1.82) is 0 Å². The normalized spacial score (nSPS) is 13.4. The van der Waals surface area contributed by atoms with Gasteiger partial charge in [-0.25, -0.2) is 8.42 Å². The van der Waals surface area contributed by atoms with Crippen LogP contribution >= 0.6 is 0 Å². The molecule has 0 radical (unpaired) electrons. The fourth-order valence-electron chi connectivity index (χ4n) is 1.68. The summed E-state index contributed by atoms with van der Waals surface area (Å²) < 4.78 is 27.8. The largest absolute Gasteiger partial charge is 0.380 e. The Balaban J connectivity index is 2.38. The summed E-state index contributed by atoms with van der Waals surface area (Å²) in [7, 11) is -1.46. The monoisotopic (exact) mass is 286 g/mol. The number of sulfone groups is 1. The molecule has 0 heterocycles. The average Bonchev–Trinajstić information content (AvgIpc) is 2.38. The highest BCUT2D eigenvalue weighted by molar-refractivity contribution is 7.90. The van der Waals surface area contributed by atoms with Gasteiger partial charge < -0.3 is 15.8 Å². The van der Waals surface area contributed by atoms with E-state index >= 15 is 0 Å². The summed E-state index contributed by atoms with van der Waals surface area (Å²) in [5.41, 5.74) is 6.57. The summed E-state index contributed by atoms with van der Waals surface area (Å²) >= 11 is 0. The van der Waals surface area contributed by atoms with Crippen molar-refractivity contribution in [1.82, 2.24) is 5.32 Å². The van der Waals surface area contributed by atoms with Crippen LogP contribution in [0, 0.1) is 0 Å². The molecule has 0 bridgehead atoms. The molecule has 1 unspecified atom stereocenters. The zero-order valence-electron chi connectivity index (χ0n) is 11.4. The van der Waals surface area contributed by atoms with E-state index in [2.05, 4.69) is 5.32 Å². The van der Waals surface area contributed by atoms with Crippen LogP contribution in [0.5, 0.6) is 0 Å². The van der Waals surface area contributed by atoms with Crippen molar-refractivity contribution < 1.29 is 13.2 Å². The lowest BCUT2D eigenvalue weighted by molar-refractivity contribution is 0.102. The van der Waals surface area contributed by atoms with Crippen LogP contribution in [0.25, 0.3) is 0 Å². The van der Waals surface area contributed by atoms with E-state index in [1.165, 1.54) is 6.26 Å².